The fourth-order valence-electron chi connectivity index (χ4n) is 5.42. The second-order valence-electron chi connectivity index (χ2n) is 10.6. The third kappa shape index (κ3) is 9.58. The molecule has 0 saturated carbocycles. The highest BCUT2D eigenvalue weighted by Crippen LogP contribution is 2.23. The molecule has 15 heteroatoms. The topological polar surface area (TPSA) is 158 Å². The van der Waals surface area contributed by atoms with E-state index in [4.69, 9.17) is 14.6 Å². The minimum atomic E-state index is -1.25. The van der Waals surface area contributed by atoms with Crippen LogP contribution in [0, 0.1) is 0 Å². The van der Waals surface area contributed by atoms with Gasteiger partial charge in [0, 0.05) is 45.6 Å². The van der Waals surface area contributed by atoms with Gasteiger partial charge in [-0.25, -0.2) is 28.9 Å². The Morgan fingerprint density at radius 1 is 1.07 bits per heavy atom. The van der Waals surface area contributed by atoms with Crippen LogP contribution in [-0.4, -0.2) is 118 Å². The first-order valence-electron chi connectivity index (χ1n) is 14.9. The Balaban J connectivity index is 0.000000292. The van der Waals surface area contributed by atoms with Gasteiger partial charge in [-0.15, -0.1) is 0 Å². The van der Waals surface area contributed by atoms with E-state index >= 15 is 0 Å². The average Bonchev–Trinajstić information content (AvgIpc) is 3.03. The summed E-state index contributed by atoms with van der Waals surface area (Å²) in [7, 11) is 1.49. The summed E-state index contributed by atoms with van der Waals surface area (Å²) in [6.45, 7) is 7.37. The molecule has 0 aromatic carbocycles. The van der Waals surface area contributed by atoms with Crippen molar-refractivity contribution >= 4 is 29.7 Å². The van der Waals surface area contributed by atoms with Crippen molar-refractivity contribution in [3.8, 4) is 5.88 Å². The van der Waals surface area contributed by atoms with Crippen LogP contribution in [0.5, 0.6) is 5.88 Å². The number of carbonyl (C=O) groups is 2. The lowest BCUT2D eigenvalue weighted by molar-refractivity contribution is 0.0273. The van der Waals surface area contributed by atoms with Crippen molar-refractivity contribution < 1.29 is 28.6 Å². The number of hydrogen-bond donors (Lipinski definition) is 3. The largest absolute Gasteiger partial charge is 0.477 e. The van der Waals surface area contributed by atoms with Gasteiger partial charge in [0.15, 0.2) is 5.82 Å². The van der Waals surface area contributed by atoms with Gasteiger partial charge in [-0.1, -0.05) is 6.42 Å². The SMILES string of the molecule is C1CCN(C2CCOCC2)CC1.CCOc1cnc(NC(=O)N(C)C2CN(c3nccc(NC(=O)O)n3)CCC2F)cn1. The van der Waals surface area contributed by atoms with Gasteiger partial charge in [0.25, 0.3) is 0 Å². The molecule has 2 aromatic heterocycles. The molecule has 14 nitrogen and oxygen atoms in total. The van der Waals surface area contributed by atoms with Crippen LogP contribution in [0.2, 0.25) is 0 Å². The number of carboxylic acid groups (broad SMARTS) is 1. The zero-order chi connectivity index (χ0) is 30.6. The van der Waals surface area contributed by atoms with Crippen molar-refractivity contribution in [2.24, 2.45) is 0 Å². The maximum atomic E-state index is 14.7. The maximum absolute atomic E-state index is 14.7. The number of alkyl halides is 1. The standard InChI is InChI=1S/C18H23FN8O4.C10H19NO/c1-3-31-15-9-21-14(8-22-15)24-17(28)26(2)12-10-27(7-5-11(12)19)16-20-6-4-13(23-16)25-18(29)30;1-2-6-11(7-3-1)10-4-8-12-9-5-10/h4,6,8-9,11-12H,3,5,7,10H2,1-2H3,(H,29,30)(H,20,23,25)(H,21,24,28);10H,1-9H2. The van der Waals surface area contributed by atoms with E-state index in [-0.39, 0.29) is 30.5 Å². The van der Waals surface area contributed by atoms with E-state index < -0.39 is 24.3 Å². The molecule has 2 aromatic rings. The molecule has 3 amide bonds. The Morgan fingerprint density at radius 2 is 1.84 bits per heavy atom. The first-order chi connectivity index (χ1) is 20.8. The molecule has 5 rings (SSSR count). The number of anilines is 3. The number of halogens is 1. The van der Waals surface area contributed by atoms with Gasteiger partial charge in [-0.05, 0) is 58.2 Å². The van der Waals surface area contributed by atoms with Crippen LogP contribution < -0.4 is 20.3 Å². The van der Waals surface area contributed by atoms with E-state index in [2.05, 4.69) is 35.5 Å². The van der Waals surface area contributed by atoms with Crippen LogP contribution in [0.15, 0.2) is 24.7 Å². The normalized spacial score (nSPS) is 21.2. The van der Waals surface area contributed by atoms with Crippen LogP contribution in [0.3, 0.4) is 0 Å². The van der Waals surface area contributed by atoms with E-state index in [0.717, 1.165) is 19.3 Å². The molecule has 3 fully saturated rings. The van der Waals surface area contributed by atoms with Gasteiger partial charge in [0.2, 0.25) is 11.8 Å². The third-order valence-corrected chi connectivity index (χ3v) is 7.73. The number of likely N-dealkylation sites (tertiary alicyclic amines) is 1. The molecule has 0 spiro atoms. The maximum Gasteiger partial charge on any atom is 0.410 e. The highest BCUT2D eigenvalue weighted by atomic mass is 19.1. The van der Waals surface area contributed by atoms with Gasteiger partial charge in [-0.2, -0.15) is 4.98 Å². The Hall–Kier alpha value is -3.85. The second kappa shape index (κ2) is 16.1. The van der Waals surface area contributed by atoms with Crippen molar-refractivity contribution in [1.29, 1.82) is 0 Å². The highest BCUT2D eigenvalue weighted by Gasteiger charge is 2.35. The molecular weight excluding hydrogens is 561 g/mol. The minimum absolute atomic E-state index is 0.108. The van der Waals surface area contributed by atoms with Crippen molar-refractivity contribution in [2.75, 3.05) is 68.6 Å². The summed E-state index contributed by atoms with van der Waals surface area (Å²) >= 11 is 0. The average molecular weight is 604 g/mol. The van der Waals surface area contributed by atoms with Crippen LogP contribution in [-0.2, 0) is 4.74 Å². The van der Waals surface area contributed by atoms with Crippen molar-refractivity contribution in [3.63, 3.8) is 0 Å². The number of aromatic nitrogens is 4. The number of nitrogens with zero attached hydrogens (tertiary/aromatic N) is 7. The fraction of sp³-hybridized carbons (Fsp3) is 0.643. The van der Waals surface area contributed by atoms with Gasteiger partial charge < -0.3 is 29.3 Å². The van der Waals surface area contributed by atoms with Crippen LogP contribution in [0.25, 0.3) is 0 Å². The molecule has 3 aliphatic heterocycles. The number of ether oxygens (including phenoxy) is 2. The Bertz CT molecular complexity index is 1150. The molecule has 0 aliphatic carbocycles. The lowest BCUT2D eigenvalue weighted by Gasteiger charge is -2.39. The summed E-state index contributed by atoms with van der Waals surface area (Å²) in [6, 6.07) is 0.937. The molecule has 2 atom stereocenters. The van der Waals surface area contributed by atoms with Gasteiger partial charge in [0.1, 0.15) is 12.0 Å². The van der Waals surface area contributed by atoms with E-state index in [0.29, 0.717) is 19.0 Å². The Labute approximate surface area is 251 Å². The van der Waals surface area contributed by atoms with Gasteiger partial charge in [-0.3, -0.25) is 10.6 Å². The molecule has 0 bridgehead atoms. The predicted molar refractivity (Wildman–Crippen MR) is 158 cm³/mol. The summed E-state index contributed by atoms with van der Waals surface area (Å²) in [5, 5.41) is 13.6. The lowest BCUT2D eigenvalue weighted by Crippen LogP contribution is -2.55. The van der Waals surface area contributed by atoms with E-state index in [9.17, 15) is 14.0 Å². The molecule has 3 saturated heterocycles. The van der Waals surface area contributed by atoms with Crippen molar-refractivity contribution in [2.45, 2.75) is 63.7 Å². The number of hydrogen-bond acceptors (Lipinski definition) is 10. The first kappa shape index (κ1) is 32.1. The van der Waals surface area contributed by atoms with E-state index in [1.54, 1.807) is 4.90 Å². The monoisotopic (exact) mass is 603 g/mol. The summed E-state index contributed by atoms with van der Waals surface area (Å²) in [6.07, 6.45) is 8.60. The van der Waals surface area contributed by atoms with Gasteiger partial charge >= 0.3 is 12.1 Å². The summed E-state index contributed by atoms with van der Waals surface area (Å²) in [4.78, 5) is 45.4. The molecule has 3 N–H and O–H groups in total. The number of likely N-dealkylation sites (N-methyl/N-ethyl adjacent to an activating group) is 1. The van der Waals surface area contributed by atoms with Crippen LogP contribution in [0.1, 0.15) is 45.4 Å². The molecular formula is C28H42FN9O5. The summed E-state index contributed by atoms with van der Waals surface area (Å²) in [5.74, 6) is 0.894. The van der Waals surface area contributed by atoms with Crippen molar-refractivity contribution in [1.82, 2.24) is 29.7 Å². The Morgan fingerprint density at radius 3 is 2.51 bits per heavy atom. The fourth-order valence-corrected chi connectivity index (χ4v) is 5.42. The number of urea groups is 1. The van der Waals surface area contributed by atoms with Crippen LogP contribution in [0.4, 0.5) is 31.6 Å². The van der Waals surface area contributed by atoms with Gasteiger partial charge in [0.05, 0.1) is 25.0 Å². The van der Waals surface area contributed by atoms with E-state index in [1.807, 2.05) is 6.92 Å². The smallest absolute Gasteiger partial charge is 0.410 e. The molecule has 2 unspecified atom stereocenters. The summed E-state index contributed by atoms with van der Waals surface area (Å²) in [5.41, 5.74) is 0. The molecule has 43 heavy (non-hydrogen) atoms. The molecule has 3 aliphatic rings. The molecule has 5 heterocycles. The minimum Gasteiger partial charge on any atom is -0.477 e. The quantitative estimate of drug-likeness (QED) is 0.425. The highest BCUT2D eigenvalue weighted by molar-refractivity contribution is 5.88. The predicted octanol–water partition coefficient (Wildman–Crippen LogP) is 3.49. The third-order valence-electron chi connectivity index (χ3n) is 7.73. The zero-order valence-corrected chi connectivity index (χ0v) is 24.8. The second-order valence-corrected chi connectivity index (χ2v) is 10.6. The molecule has 236 valence electrons. The van der Waals surface area contributed by atoms with Crippen LogP contribution >= 0.6 is 0 Å². The number of amides is 3. The number of carbonyl (C=O) groups excluding carboxylic acids is 1. The Kier molecular flexibility index (Phi) is 12.0. The number of piperidine rings is 2. The van der Waals surface area contributed by atoms with Crippen molar-refractivity contribution in [3.05, 3.63) is 24.7 Å². The lowest BCUT2D eigenvalue weighted by atomic mass is 10.0. The number of nitrogens with one attached hydrogen (secondary N) is 2. The van der Waals surface area contributed by atoms with E-state index in [1.165, 1.54) is 81.8 Å². The molecule has 0 radical (unpaired) electrons. The zero-order valence-electron chi connectivity index (χ0n) is 24.8. The number of rotatable bonds is 7. The first-order valence-corrected chi connectivity index (χ1v) is 14.9. The summed E-state index contributed by atoms with van der Waals surface area (Å²) < 4.78 is 25.2.